The Morgan fingerprint density at radius 1 is 0.968 bits per heavy atom. The minimum atomic E-state index is -0.733. The lowest BCUT2D eigenvalue weighted by molar-refractivity contribution is -0.135. The summed E-state index contributed by atoms with van der Waals surface area (Å²) >= 11 is 0. The molecule has 4 heteroatoms. The average Bonchev–Trinajstić information content (AvgIpc) is 3.11. The van der Waals surface area contributed by atoms with E-state index in [-0.39, 0.29) is 25.8 Å². The molecule has 0 saturated carbocycles. The first-order chi connectivity index (χ1) is 15.2. The second kappa shape index (κ2) is 15.2. The molecule has 0 aromatic heterocycles. The van der Waals surface area contributed by atoms with Crippen LogP contribution in [-0.2, 0) is 20.9 Å². The molecule has 0 bridgehead atoms. The first-order valence-electron chi connectivity index (χ1n) is 12.3. The van der Waals surface area contributed by atoms with E-state index in [9.17, 15) is 9.90 Å². The van der Waals surface area contributed by atoms with Gasteiger partial charge in [0.1, 0.15) is 6.61 Å². The van der Waals surface area contributed by atoms with E-state index in [1.807, 2.05) is 36.4 Å². The number of esters is 1. The molecule has 1 heterocycles. The summed E-state index contributed by atoms with van der Waals surface area (Å²) in [6, 6.07) is 9.93. The minimum Gasteiger partial charge on any atom is -0.461 e. The molecule has 1 aliphatic rings. The number of carbonyl (C=O) groups is 1. The molecule has 0 aliphatic carbocycles. The van der Waals surface area contributed by atoms with Gasteiger partial charge in [0.2, 0.25) is 0 Å². The quantitative estimate of drug-likeness (QED) is 0.177. The molecule has 1 aliphatic heterocycles. The normalized spacial score (nSPS) is 19.8. The molecule has 1 atom stereocenters. The first kappa shape index (κ1) is 25.6. The number of hydrogen-bond acceptors (Lipinski definition) is 4. The Balaban J connectivity index is 1.66. The molecule has 174 valence electrons. The van der Waals surface area contributed by atoms with Gasteiger partial charge in [-0.25, -0.2) is 4.79 Å². The molecular formula is C27H42O4. The molecule has 31 heavy (non-hydrogen) atoms. The van der Waals surface area contributed by atoms with Crippen LogP contribution < -0.4 is 0 Å². The van der Waals surface area contributed by atoms with Crippen LogP contribution in [0.15, 0.2) is 42.0 Å². The van der Waals surface area contributed by atoms with Crippen LogP contribution in [0.2, 0.25) is 0 Å². The number of benzene rings is 1. The molecule has 1 N–H and O–H groups in total. The van der Waals surface area contributed by atoms with Crippen LogP contribution in [0.25, 0.3) is 0 Å². The van der Waals surface area contributed by atoms with E-state index < -0.39 is 5.41 Å². The van der Waals surface area contributed by atoms with Crippen molar-refractivity contribution in [2.75, 3.05) is 19.8 Å². The maximum atomic E-state index is 12.3. The van der Waals surface area contributed by atoms with Crippen molar-refractivity contribution >= 4 is 5.97 Å². The molecule has 1 fully saturated rings. The summed E-state index contributed by atoms with van der Waals surface area (Å²) in [6.07, 6.45) is 17.2. The molecule has 1 saturated heterocycles. The van der Waals surface area contributed by atoms with Crippen molar-refractivity contribution in [3.63, 3.8) is 0 Å². The third kappa shape index (κ3) is 9.16. The molecule has 4 nitrogen and oxygen atoms in total. The standard InChI is InChI=1S/C27H42O4/c1-2-3-4-5-6-7-8-9-10-11-12-16-19-25-26(29)31-23-27(25,21-28)22-30-20-24-17-14-13-15-18-24/h13-15,17-19,28H,2-12,16,20-23H2,1H3/b25-19-. The van der Waals surface area contributed by atoms with E-state index in [0.29, 0.717) is 12.2 Å². The number of carbonyl (C=O) groups excluding carboxylic acids is 1. The van der Waals surface area contributed by atoms with E-state index >= 15 is 0 Å². The Labute approximate surface area is 189 Å². The fourth-order valence-corrected chi connectivity index (χ4v) is 4.16. The SMILES string of the molecule is CCCCCCCCCCCCC/C=C1/C(=O)OCC1(CO)COCc1ccccc1. The van der Waals surface area contributed by atoms with Gasteiger partial charge in [-0.1, -0.05) is 108 Å². The number of hydrogen-bond donors (Lipinski definition) is 1. The highest BCUT2D eigenvalue weighted by Crippen LogP contribution is 2.36. The van der Waals surface area contributed by atoms with E-state index in [0.717, 1.165) is 18.4 Å². The zero-order valence-corrected chi connectivity index (χ0v) is 19.4. The maximum absolute atomic E-state index is 12.3. The van der Waals surface area contributed by atoms with Crippen molar-refractivity contribution in [2.45, 2.75) is 90.6 Å². The van der Waals surface area contributed by atoms with Gasteiger partial charge in [0.25, 0.3) is 0 Å². The molecule has 2 rings (SSSR count). The van der Waals surface area contributed by atoms with Crippen molar-refractivity contribution in [3.05, 3.63) is 47.5 Å². The Kier molecular flexibility index (Phi) is 12.6. The smallest absolute Gasteiger partial charge is 0.334 e. The summed E-state index contributed by atoms with van der Waals surface area (Å²) in [5, 5.41) is 10.0. The van der Waals surface area contributed by atoms with Gasteiger partial charge < -0.3 is 14.6 Å². The third-order valence-corrected chi connectivity index (χ3v) is 6.22. The number of aliphatic hydroxyl groups excluding tert-OH is 1. The highest BCUT2D eigenvalue weighted by atomic mass is 16.5. The fourth-order valence-electron chi connectivity index (χ4n) is 4.16. The Morgan fingerprint density at radius 2 is 1.58 bits per heavy atom. The molecule has 0 radical (unpaired) electrons. The van der Waals surface area contributed by atoms with Crippen LogP contribution in [0.1, 0.15) is 89.5 Å². The summed E-state index contributed by atoms with van der Waals surface area (Å²) in [6.45, 7) is 3.06. The second-order valence-corrected chi connectivity index (χ2v) is 8.93. The predicted octanol–water partition coefficient (Wildman–Crippen LogP) is 6.37. The summed E-state index contributed by atoms with van der Waals surface area (Å²) in [5.41, 5.74) is 0.936. The van der Waals surface area contributed by atoms with Crippen molar-refractivity contribution in [2.24, 2.45) is 5.41 Å². The van der Waals surface area contributed by atoms with Gasteiger partial charge in [-0.3, -0.25) is 0 Å². The van der Waals surface area contributed by atoms with Gasteiger partial charge >= 0.3 is 5.97 Å². The molecule has 1 unspecified atom stereocenters. The average molecular weight is 431 g/mol. The minimum absolute atomic E-state index is 0.141. The predicted molar refractivity (Wildman–Crippen MR) is 126 cm³/mol. The van der Waals surface area contributed by atoms with Gasteiger partial charge in [0.05, 0.1) is 25.2 Å². The number of allylic oxidation sites excluding steroid dienone is 1. The summed E-state index contributed by atoms with van der Waals surface area (Å²) in [4.78, 5) is 12.3. The van der Waals surface area contributed by atoms with Crippen LogP contribution in [0.5, 0.6) is 0 Å². The monoisotopic (exact) mass is 430 g/mol. The zero-order chi connectivity index (χ0) is 22.2. The van der Waals surface area contributed by atoms with Gasteiger partial charge in [-0.2, -0.15) is 0 Å². The lowest BCUT2D eigenvalue weighted by atomic mass is 9.83. The van der Waals surface area contributed by atoms with Crippen molar-refractivity contribution in [1.82, 2.24) is 0 Å². The molecule has 1 aromatic rings. The summed E-state index contributed by atoms with van der Waals surface area (Å²) < 4.78 is 11.1. The lowest BCUT2D eigenvalue weighted by Gasteiger charge is -2.24. The third-order valence-electron chi connectivity index (χ3n) is 6.22. The van der Waals surface area contributed by atoms with Crippen LogP contribution >= 0.6 is 0 Å². The first-order valence-corrected chi connectivity index (χ1v) is 12.3. The molecular weight excluding hydrogens is 388 g/mol. The Morgan fingerprint density at radius 3 is 2.19 bits per heavy atom. The topological polar surface area (TPSA) is 55.8 Å². The molecule has 0 amide bonds. The van der Waals surface area contributed by atoms with Crippen molar-refractivity contribution < 1.29 is 19.4 Å². The number of cyclic esters (lactones) is 1. The molecule has 1 aromatic carbocycles. The van der Waals surface area contributed by atoms with Gasteiger partial charge in [-0.15, -0.1) is 0 Å². The van der Waals surface area contributed by atoms with Crippen LogP contribution in [0.3, 0.4) is 0 Å². The van der Waals surface area contributed by atoms with Crippen molar-refractivity contribution in [3.8, 4) is 0 Å². The van der Waals surface area contributed by atoms with E-state index in [1.54, 1.807) is 0 Å². The number of rotatable bonds is 17. The summed E-state index contributed by atoms with van der Waals surface area (Å²) in [5.74, 6) is -0.305. The highest BCUT2D eigenvalue weighted by molar-refractivity contribution is 5.92. The maximum Gasteiger partial charge on any atom is 0.334 e. The second-order valence-electron chi connectivity index (χ2n) is 8.93. The number of aliphatic hydroxyl groups is 1. The highest BCUT2D eigenvalue weighted by Gasteiger charge is 2.45. The lowest BCUT2D eigenvalue weighted by Crippen LogP contribution is -2.33. The van der Waals surface area contributed by atoms with E-state index in [1.165, 1.54) is 64.2 Å². The van der Waals surface area contributed by atoms with Crippen molar-refractivity contribution in [1.29, 1.82) is 0 Å². The summed E-state index contributed by atoms with van der Waals surface area (Å²) in [7, 11) is 0. The Bertz CT molecular complexity index is 640. The number of unbranched alkanes of at least 4 members (excludes halogenated alkanes) is 11. The zero-order valence-electron chi connectivity index (χ0n) is 19.4. The van der Waals surface area contributed by atoms with E-state index in [4.69, 9.17) is 9.47 Å². The van der Waals surface area contributed by atoms with Gasteiger partial charge in [-0.05, 0) is 18.4 Å². The van der Waals surface area contributed by atoms with Crippen LogP contribution in [0.4, 0.5) is 0 Å². The Hall–Kier alpha value is -1.65. The molecule has 0 spiro atoms. The largest absolute Gasteiger partial charge is 0.461 e. The fraction of sp³-hybridized carbons (Fsp3) is 0.667. The van der Waals surface area contributed by atoms with Crippen LogP contribution in [-0.4, -0.2) is 30.9 Å². The van der Waals surface area contributed by atoms with E-state index in [2.05, 4.69) is 6.92 Å². The van der Waals surface area contributed by atoms with Crippen LogP contribution in [0, 0.1) is 5.41 Å². The van der Waals surface area contributed by atoms with Gasteiger partial charge in [0, 0.05) is 5.57 Å². The number of ether oxygens (including phenoxy) is 2. The van der Waals surface area contributed by atoms with Gasteiger partial charge in [0.15, 0.2) is 0 Å².